The number of aliphatic imine (C=N–C) groups is 1. The number of thioether (sulfide) groups is 1. The first-order valence-corrected chi connectivity index (χ1v) is 11.2. The summed E-state index contributed by atoms with van der Waals surface area (Å²) in [6, 6.07) is 13.0. The molecule has 2 aromatic carbocycles. The average Bonchev–Trinajstić information content (AvgIpc) is 2.78. The van der Waals surface area contributed by atoms with Gasteiger partial charge in [-0.2, -0.15) is 0 Å². The Bertz CT molecular complexity index is 1350. The number of amides is 1. The Labute approximate surface area is 195 Å². The van der Waals surface area contributed by atoms with E-state index in [2.05, 4.69) is 10.3 Å². The van der Waals surface area contributed by atoms with Crippen LogP contribution in [-0.2, 0) is 18.9 Å². The number of nitrogens with zero attached hydrogens (tertiary/aromatic N) is 3. The molecule has 2 N–H and O–H groups in total. The molecule has 0 unspecified atom stereocenters. The summed E-state index contributed by atoms with van der Waals surface area (Å²) in [5.74, 6) is -0.843. The number of hydrogen-bond donors (Lipinski definition) is 2. The summed E-state index contributed by atoms with van der Waals surface area (Å²) in [7, 11) is 2.69. The van der Waals surface area contributed by atoms with E-state index in [1.807, 2.05) is 51.1 Å². The van der Waals surface area contributed by atoms with Gasteiger partial charge in [0.05, 0.1) is 11.4 Å². The molecule has 172 valence electrons. The number of carbonyl (C=O) groups excluding carboxylic acids is 1. The fraction of sp³-hybridized carbons (Fsp3) is 0.250. The van der Waals surface area contributed by atoms with Gasteiger partial charge in [0.1, 0.15) is 10.6 Å². The summed E-state index contributed by atoms with van der Waals surface area (Å²) >= 11 is 1.01. The first-order valence-electron chi connectivity index (χ1n) is 10.2. The van der Waals surface area contributed by atoms with Crippen LogP contribution in [0.2, 0.25) is 0 Å². The Morgan fingerprint density at radius 2 is 1.64 bits per heavy atom. The van der Waals surface area contributed by atoms with Gasteiger partial charge in [-0.3, -0.25) is 18.7 Å². The van der Waals surface area contributed by atoms with Gasteiger partial charge in [0.15, 0.2) is 0 Å². The molecule has 0 fully saturated rings. The van der Waals surface area contributed by atoms with Crippen LogP contribution in [0.4, 0.5) is 11.4 Å². The minimum Gasteiger partial charge on any atom is -0.494 e. The molecule has 0 aliphatic rings. The van der Waals surface area contributed by atoms with Gasteiger partial charge in [-0.05, 0) is 44.5 Å². The maximum atomic E-state index is 12.9. The fourth-order valence-electron chi connectivity index (χ4n) is 3.19. The molecule has 1 amide bonds. The van der Waals surface area contributed by atoms with E-state index >= 15 is 0 Å². The third-order valence-electron chi connectivity index (χ3n) is 5.11. The number of aryl methyl sites for hydroxylation is 3. The molecular formula is C24H26N4O4S. The van der Waals surface area contributed by atoms with E-state index in [0.29, 0.717) is 11.4 Å². The molecule has 3 aromatic rings. The summed E-state index contributed by atoms with van der Waals surface area (Å²) in [5.41, 5.74) is 2.83. The molecular weight excluding hydrogens is 440 g/mol. The second kappa shape index (κ2) is 9.91. The number of hydrogen-bond acceptors (Lipinski definition) is 6. The van der Waals surface area contributed by atoms with Crippen molar-refractivity contribution < 1.29 is 9.90 Å². The van der Waals surface area contributed by atoms with Crippen LogP contribution in [0.3, 0.4) is 0 Å². The summed E-state index contributed by atoms with van der Waals surface area (Å²) in [5, 5.41) is 13.6. The lowest BCUT2D eigenvalue weighted by atomic mass is 10.1. The van der Waals surface area contributed by atoms with Crippen molar-refractivity contribution in [2.45, 2.75) is 20.8 Å². The highest BCUT2D eigenvalue weighted by molar-refractivity contribution is 8.15. The average molecular weight is 467 g/mol. The molecule has 0 spiro atoms. The van der Waals surface area contributed by atoms with Crippen LogP contribution in [0.5, 0.6) is 5.88 Å². The van der Waals surface area contributed by atoms with Gasteiger partial charge >= 0.3 is 5.69 Å². The molecule has 0 radical (unpaired) electrons. The molecule has 0 aliphatic heterocycles. The number of benzene rings is 2. The van der Waals surface area contributed by atoms with Crippen molar-refractivity contribution in [1.82, 2.24) is 9.13 Å². The number of aromatic nitrogens is 2. The van der Waals surface area contributed by atoms with Crippen LogP contribution in [0, 0.1) is 20.8 Å². The number of aromatic hydroxyl groups is 1. The van der Waals surface area contributed by atoms with Gasteiger partial charge in [0.2, 0.25) is 11.8 Å². The Balaban J connectivity index is 1.97. The van der Waals surface area contributed by atoms with E-state index in [-0.39, 0.29) is 22.3 Å². The van der Waals surface area contributed by atoms with Crippen molar-refractivity contribution in [2.24, 2.45) is 19.1 Å². The normalized spacial score (nSPS) is 11.5. The molecule has 3 rings (SSSR count). The molecule has 0 aliphatic carbocycles. The Morgan fingerprint density at radius 1 is 1.00 bits per heavy atom. The topological polar surface area (TPSA) is 106 Å². The van der Waals surface area contributed by atoms with Gasteiger partial charge in [-0.25, -0.2) is 9.79 Å². The molecule has 0 saturated heterocycles. The minimum atomic E-state index is -0.691. The first-order chi connectivity index (χ1) is 15.6. The number of nitrogens with one attached hydrogen (secondary N) is 1. The molecule has 0 saturated carbocycles. The van der Waals surface area contributed by atoms with E-state index in [1.165, 1.54) is 14.1 Å². The van der Waals surface area contributed by atoms with Crippen LogP contribution >= 0.6 is 11.8 Å². The number of anilines is 1. The lowest BCUT2D eigenvalue weighted by Crippen LogP contribution is -2.39. The SMILES string of the molecule is Cc1ccc(N=C(SCC(=O)Nc2ccc(C)cc2C)c2c(O)n(C)c(=O)n(C)c2=O)cc1. The maximum Gasteiger partial charge on any atom is 0.333 e. The number of rotatable bonds is 5. The number of carbonyl (C=O) groups is 1. The molecule has 1 heterocycles. The largest absolute Gasteiger partial charge is 0.494 e. The maximum absolute atomic E-state index is 12.9. The highest BCUT2D eigenvalue weighted by Gasteiger charge is 2.22. The van der Waals surface area contributed by atoms with E-state index in [1.54, 1.807) is 12.1 Å². The van der Waals surface area contributed by atoms with Gasteiger partial charge in [-0.15, -0.1) is 0 Å². The highest BCUT2D eigenvalue weighted by Crippen LogP contribution is 2.24. The first kappa shape index (κ1) is 24.1. The second-order valence-electron chi connectivity index (χ2n) is 7.81. The van der Waals surface area contributed by atoms with Crippen molar-refractivity contribution in [3.05, 3.63) is 85.6 Å². The fourth-order valence-corrected chi connectivity index (χ4v) is 4.02. The van der Waals surface area contributed by atoms with E-state index in [4.69, 9.17) is 0 Å². The molecule has 1 aromatic heterocycles. The molecule has 0 atom stereocenters. The Hall–Kier alpha value is -3.59. The van der Waals surface area contributed by atoms with Crippen molar-refractivity contribution in [1.29, 1.82) is 0 Å². The lowest BCUT2D eigenvalue weighted by Gasteiger charge is -2.13. The van der Waals surface area contributed by atoms with Crippen LogP contribution in [-0.4, -0.2) is 30.9 Å². The smallest absolute Gasteiger partial charge is 0.333 e. The van der Waals surface area contributed by atoms with Gasteiger partial charge in [0.25, 0.3) is 5.56 Å². The monoisotopic (exact) mass is 466 g/mol. The standard InChI is InChI=1S/C24H26N4O4S/c1-14-6-9-17(10-7-14)25-21(20-22(30)27(4)24(32)28(5)23(20)31)33-13-19(29)26-18-11-8-15(2)12-16(18)3/h6-12,30H,13H2,1-5H3,(H,26,29). The zero-order valence-electron chi connectivity index (χ0n) is 19.2. The molecule has 8 nitrogen and oxygen atoms in total. The zero-order chi connectivity index (χ0) is 24.3. The molecule has 9 heteroatoms. The Morgan fingerprint density at radius 3 is 2.27 bits per heavy atom. The highest BCUT2D eigenvalue weighted by atomic mass is 32.2. The second-order valence-corrected chi connectivity index (χ2v) is 8.78. The lowest BCUT2D eigenvalue weighted by molar-refractivity contribution is -0.113. The van der Waals surface area contributed by atoms with Crippen molar-refractivity contribution in [3.63, 3.8) is 0 Å². The van der Waals surface area contributed by atoms with Gasteiger partial charge < -0.3 is 10.4 Å². The van der Waals surface area contributed by atoms with Gasteiger partial charge in [-0.1, -0.05) is 47.2 Å². The predicted molar refractivity (Wildman–Crippen MR) is 133 cm³/mol. The van der Waals surface area contributed by atoms with Crippen LogP contribution in [0.15, 0.2) is 57.0 Å². The van der Waals surface area contributed by atoms with Crippen LogP contribution in [0.1, 0.15) is 22.3 Å². The van der Waals surface area contributed by atoms with Crippen LogP contribution in [0.25, 0.3) is 0 Å². The molecule has 33 heavy (non-hydrogen) atoms. The van der Waals surface area contributed by atoms with Crippen molar-refractivity contribution in [3.8, 4) is 5.88 Å². The quantitative estimate of drug-likeness (QED) is 0.444. The zero-order valence-corrected chi connectivity index (χ0v) is 20.0. The van der Waals surface area contributed by atoms with Crippen molar-refractivity contribution >= 4 is 34.1 Å². The van der Waals surface area contributed by atoms with E-state index in [0.717, 1.165) is 37.6 Å². The molecule has 0 bridgehead atoms. The van der Waals surface area contributed by atoms with E-state index < -0.39 is 17.1 Å². The minimum absolute atomic E-state index is 0.0521. The summed E-state index contributed by atoms with van der Waals surface area (Å²) in [6.07, 6.45) is 0. The summed E-state index contributed by atoms with van der Waals surface area (Å²) in [4.78, 5) is 42.2. The Kier molecular flexibility index (Phi) is 7.23. The van der Waals surface area contributed by atoms with E-state index in [9.17, 15) is 19.5 Å². The van der Waals surface area contributed by atoms with Crippen molar-refractivity contribution in [2.75, 3.05) is 11.1 Å². The predicted octanol–water partition coefficient (Wildman–Crippen LogP) is 3.17. The van der Waals surface area contributed by atoms with Gasteiger partial charge in [0, 0.05) is 19.8 Å². The third kappa shape index (κ3) is 5.43. The summed E-state index contributed by atoms with van der Waals surface area (Å²) in [6.45, 7) is 5.82. The summed E-state index contributed by atoms with van der Waals surface area (Å²) < 4.78 is 1.87. The third-order valence-corrected chi connectivity index (χ3v) is 6.08. The van der Waals surface area contributed by atoms with Crippen LogP contribution < -0.4 is 16.6 Å².